The smallest absolute Gasteiger partial charge is 0.408 e. The highest BCUT2D eigenvalue weighted by Crippen LogP contribution is 2.26. The number of carbonyl (C=O) groups is 2. The number of nitrogens with zero attached hydrogens (tertiary/aromatic N) is 1. The zero-order valence-corrected chi connectivity index (χ0v) is 13.9. The number of nitrogens with two attached hydrogens (primary N) is 1. The van der Waals surface area contributed by atoms with Crippen LogP contribution < -0.4 is 11.1 Å². The molecule has 0 aliphatic rings. The number of anilines is 1. The molecule has 1 unspecified atom stereocenters. The van der Waals surface area contributed by atoms with E-state index in [1.165, 1.54) is 17.8 Å². The highest BCUT2D eigenvalue weighted by atomic mass is 32.2. The lowest BCUT2D eigenvalue weighted by atomic mass is 10.2. The molecule has 4 N–H and O–H groups in total. The molecule has 8 heteroatoms. The highest BCUT2D eigenvalue weighted by Gasteiger charge is 2.24. The maximum absolute atomic E-state index is 11.7. The summed E-state index contributed by atoms with van der Waals surface area (Å²) in [5, 5.41) is 20.3. The number of amides is 1. The average Bonchev–Trinajstić information content (AvgIpc) is 2.42. The third-order valence-electron chi connectivity index (χ3n) is 2.53. The van der Waals surface area contributed by atoms with Gasteiger partial charge in [-0.05, 0) is 39.0 Å². The van der Waals surface area contributed by atoms with Crippen molar-refractivity contribution in [1.29, 1.82) is 5.26 Å². The molecule has 1 rings (SSSR count). The first-order chi connectivity index (χ1) is 10.6. The highest BCUT2D eigenvalue weighted by molar-refractivity contribution is 7.99. The van der Waals surface area contributed by atoms with Crippen LogP contribution in [0.5, 0.6) is 0 Å². The van der Waals surface area contributed by atoms with Crippen molar-refractivity contribution in [3.8, 4) is 6.07 Å². The van der Waals surface area contributed by atoms with Crippen LogP contribution in [0.4, 0.5) is 10.5 Å². The Morgan fingerprint density at radius 1 is 1.48 bits per heavy atom. The largest absolute Gasteiger partial charge is 0.480 e. The minimum Gasteiger partial charge on any atom is -0.480 e. The van der Waals surface area contributed by atoms with Crippen LogP contribution in [0.2, 0.25) is 0 Å². The summed E-state index contributed by atoms with van der Waals surface area (Å²) in [7, 11) is 0. The van der Waals surface area contributed by atoms with Crippen molar-refractivity contribution in [2.24, 2.45) is 0 Å². The van der Waals surface area contributed by atoms with E-state index >= 15 is 0 Å². The SMILES string of the molecule is CC(C)(C)OC(=O)NC(CSc1ccc(C#N)cc1N)C(=O)O. The van der Waals surface area contributed by atoms with Gasteiger partial charge < -0.3 is 20.9 Å². The van der Waals surface area contributed by atoms with Gasteiger partial charge in [-0.25, -0.2) is 9.59 Å². The molecule has 0 heterocycles. The fraction of sp³-hybridized carbons (Fsp3) is 0.400. The van der Waals surface area contributed by atoms with Crippen LogP contribution in [0.15, 0.2) is 23.1 Å². The molecule has 0 aliphatic carbocycles. The second-order valence-electron chi connectivity index (χ2n) is 5.71. The molecule has 23 heavy (non-hydrogen) atoms. The van der Waals surface area contributed by atoms with Crippen molar-refractivity contribution in [1.82, 2.24) is 5.32 Å². The number of nitriles is 1. The lowest BCUT2D eigenvalue weighted by Crippen LogP contribution is -2.44. The molecule has 1 aromatic carbocycles. The number of thioether (sulfide) groups is 1. The zero-order valence-electron chi connectivity index (χ0n) is 13.1. The number of carbonyl (C=O) groups excluding carboxylic acids is 1. The van der Waals surface area contributed by atoms with Crippen molar-refractivity contribution in [2.75, 3.05) is 11.5 Å². The molecule has 0 bridgehead atoms. The summed E-state index contributed by atoms with van der Waals surface area (Å²) in [4.78, 5) is 23.6. The number of carboxylic acids is 1. The van der Waals surface area contributed by atoms with E-state index in [0.29, 0.717) is 16.1 Å². The minimum absolute atomic E-state index is 0.0741. The van der Waals surface area contributed by atoms with Gasteiger partial charge >= 0.3 is 12.1 Å². The molecule has 1 aromatic rings. The molecule has 1 atom stereocenters. The second-order valence-corrected chi connectivity index (χ2v) is 6.77. The van der Waals surface area contributed by atoms with E-state index in [1.807, 2.05) is 6.07 Å². The van der Waals surface area contributed by atoms with Gasteiger partial charge in [0.05, 0.1) is 11.6 Å². The number of rotatable bonds is 5. The Bertz CT molecular complexity index is 635. The van der Waals surface area contributed by atoms with Crippen molar-refractivity contribution in [3.05, 3.63) is 23.8 Å². The first-order valence-corrected chi connectivity index (χ1v) is 7.75. The topological polar surface area (TPSA) is 125 Å². The molecule has 124 valence electrons. The van der Waals surface area contributed by atoms with Gasteiger partial charge in [0.2, 0.25) is 0 Å². The van der Waals surface area contributed by atoms with E-state index in [1.54, 1.807) is 32.9 Å². The van der Waals surface area contributed by atoms with Crippen molar-refractivity contribution >= 4 is 29.5 Å². The van der Waals surface area contributed by atoms with Crippen LogP contribution in [-0.2, 0) is 9.53 Å². The summed E-state index contributed by atoms with van der Waals surface area (Å²) >= 11 is 1.18. The molecule has 1 amide bonds. The van der Waals surface area contributed by atoms with E-state index in [9.17, 15) is 14.7 Å². The Kier molecular flexibility index (Phi) is 6.28. The lowest BCUT2D eigenvalue weighted by molar-refractivity contribution is -0.138. The van der Waals surface area contributed by atoms with E-state index in [2.05, 4.69) is 5.32 Å². The number of benzene rings is 1. The Morgan fingerprint density at radius 3 is 2.61 bits per heavy atom. The fourth-order valence-corrected chi connectivity index (χ4v) is 2.51. The second kappa shape index (κ2) is 7.74. The lowest BCUT2D eigenvalue weighted by Gasteiger charge is -2.22. The minimum atomic E-state index is -1.17. The maximum Gasteiger partial charge on any atom is 0.408 e. The van der Waals surface area contributed by atoms with E-state index < -0.39 is 23.7 Å². The van der Waals surface area contributed by atoms with Crippen LogP contribution in [-0.4, -0.2) is 34.6 Å². The monoisotopic (exact) mass is 337 g/mol. The van der Waals surface area contributed by atoms with Gasteiger partial charge in [-0.15, -0.1) is 11.8 Å². The molecule has 0 saturated heterocycles. The number of nitrogen functional groups attached to an aromatic ring is 1. The Hall–Kier alpha value is -2.40. The van der Waals surface area contributed by atoms with E-state index in [-0.39, 0.29) is 5.75 Å². The first-order valence-electron chi connectivity index (χ1n) is 6.77. The standard InChI is InChI=1S/C15H19N3O4S/c1-15(2,3)22-14(21)18-11(13(19)20)8-23-12-5-4-9(7-16)6-10(12)17/h4-6,11H,8,17H2,1-3H3,(H,18,21)(H,19,20). The predicted molar refractivity (Wildman–Crippen MR) is 87.1 cm³/mol. The number of carboxylic acid groups (broad SMARTS) is 1. The van der Waals surface area contributed by atoms with Crippen molar-refractivity contribution in [3.63, 3.8) is 0 Å². The molecule has 0 spiro atoms. The number of hydrogen-bond acceptors (Lipinski definition) is 6. The quantitative estimate of drug-likeness (QED) is 0.555. The number of ether oxygens (including phenoxy) is 1. The van der Waals surface area contributed by atoms with Crippen molar-refractivity contribution < 1.29 is 19.4 Å². The van der Waals surface area contributed by atoms with Crippen LogP contribution in [0, 0.1) is 11.3 Å². The molecule has 0 aromatic heterocycles. The number of hydrogen-bond donors (Lipinski definition) is 3. The molecule has 7 nitrogen and oxygen atoms in total. The van der Waals surface area contributed by atoms with E-state index in [0.717, 1.165) is 0 Å². The Balaban J connectivity index is 2.69. The number of alkyl carbamates (subject to hydrolysis) is 1. The van der Waals surface area contributed by atoms with Gasteiger partial charge in [0.15, 0.2) is 0 Å². The van der Waals surface area contributed by atoms with Gasteiger partial charge in [-0.1, -0.05) is 0 Å². The molecule has 0 aliphatic heterocycles. The number of nitrogens with one attached hydrogen (secondary N) is 1. The molecule has 0 radical (unpaired) electrons. The van der Waals surface area contributed by atoms with Gasteiger partial charge in [0.25, 0.3) is 0 Å². The maximum atomic E-state index is 11.7. The summed E-state index contributed by atoms with van der Waals surface area (Å²) < 4.78 is 5.04. The first kappa shape index (κ1) is 18.6. The number of aliphatic carboxylic acids is 1. The summed E-state index contributed by atoms with van der Waals surface area (Å²) in [5.74, 6) is -1.10. The summed E-state index contributed by atoms with van der Waals surface area (Å²) in [6, 6.07) is 5.60. The molecular formula is C15H19N3O4S. The predicted octanol–water partition coefficient (Wildman–Crippen LogP) is 2.21. The van der Waals surface area contributed by atoms with Gasteiger partial charge in [-0.3, -0.25) is 0 Å². The van der Waals surface area contributed by atoms with Gasteiger partial charge in [0, 0.05) is 16.3 Å². The zero-order chi connectivity index (χ0) is 17.6. The summed E-state index contributed by atoms with van der Waals surface area (Å²) in [6.07, 6.45) is -0.793. The van der Waals surface area contributed by atoms with Crippen LogP contribution in [0.3, 0.4) is 0 Å². The fourth-order valence-electron chi connectivity index (χ4n) is 1.55. The summed E-state index contributed by atoms with van der Waals surface area (Å²) in [6.45, 7) is 5.07. The Labute approximate surface area is 138 Å². The van der Waals surface area contributed by atoms with E-state index in [4.69, 9.17) is 15.7 Å². The average molecular weight is 337 g/mol. The molecule has 0 saturated carbocycles. The third-order valence-corrected chi connectivity index (χ3v) is 3.72. The van der Waals surface area contributed by atoms with Crippen molar-refractivity contribution in [2.45, 2.75) is 37.3 Å². The third kappa shape index (κ3) is 6.48. The summed E-state index contributed by atoms with van der Waals surface area (Å²) in [5.41, 5.74) is 5.91. The van der Waals surface area contributed by atoms with Crippen LogP contribution in [0.25, 0.3) is 0 Å². The normalized spacial score (nSPS) is 12.1. The van der Waals surface area contributed by atoms with Crippen LogP contribution in [0.1, 0.15) is 26.3 Å². The van der Waals surface area contributed by atoms with Gasteiger partial charge in [-0.2, -0.15) is 5.26 Å². The molecular weight excluding hydrogens is 318 g/mol. The molecule has 0 fully saturated rings. The Morgan fingerprint density at radius 2 is 2.13 bits per heavy atom. The van der Waals surface area contributed by atoms with Crippen LogP contribution >= 0.6 is 11.8 Å². The van der Waals surface area contributed by atoms with Gasteiger partial charge in [0.1, 0.15) is 11.6 Å².